The molecule has 0 aromatic heterocycles. The van der Waals surface area contributed by atoms with Gasteiger partial charge in [-0.05, 0) is 56.7 Å². The molecular formula is C22H26ClN3O5. The van der Waals surface area contributed by atoms with Gasteiger partial charge in [0, 0.05) is 17.7 Å². The third-order valence-corrected chi connectivity index (χ3v) is 4.39. The summed E-state index contributed by atoms with van der Waals surface area (Å²) in [5, 5.41) is 5.52. The van der Waals surface area contributed by atoms with Gasteiger partial charge in [0.2, 0.25) is 0 Å². The fraction of sp³-hybridized carbons (Fsp3) is 0.318. The van der Waals surface area contributed by atoms with Crippen molar-refractivity contribution in [1.29, 1.82) is 0 Å². The van der Waals surface area contributed by atoms with Crippen molar-refractivity contribution in [2.45, 2.75) is 39.3 Å². The minimum atomic E-state index is -0.949. The van der Waals surface area contributed by atoms with E-state index in [0.29, 0.717) is 22.5 Å². The van der Waals surface area contributed by atoms with E-state index in [1.165, 1.54) is 0 Å². The maximum atomic E-state index is 12.4. The van der Waals surface area contributed by atoms with Crippen molar-refractivity contribution in [3.63, 3.8) is 0 Å². The van der Waals surface area contributed by atoms with Gasteiger partial charge in [0.15, 0.2) is 0 Å². The molecular weight excluding hydrogens is 422 g/mol. The Hall–Kier alpha value is -3.26. The first kappa shape index (κ1) is 24.0. The molecule has 1 atom stereocenters. The molecule has 2 aromatic carbocycles. The molecule has 4 N–H and O–H groups in total. The fourth-order valence-electron chi connectivity index (χ4n) is 2.72. The van der Waals surface area contributed by atoms with Gasteiger partial charge in [0.25, 0.3) is 5.91 Å². The number of rotatable bonds is 8. The molecule has 2 amide bonds. The first-order chi connectivity index (χ1) is 14.7. The van der Waals surface area contributed by atoms with Crippen molar-refractivity contribution < 1.29 is 23.9 Å². The predicted octanol–water partition coefficient (Wildman–Crippen LogP) is 3.78. The number of hydrogen-bond acceptors (Lipinski definition) is 6. The molecule has 0 heterocycles. The summed E-state index contributed by atoms with van der Waals surface area (Å²) in [5.41, 5.74) is 7.65. The smallest absolute Gasteiger partial charge is 0.408 e. The Morgan fingerprint density at radius 3 is 2.48 bits per heavy atom. The summed E-state index contributed by atoms with van der Waals surface area (Å²) in [6.45, 7) is 5.26. The maximum absolute atomic E-state index is 12.4. The molecule has 166 valence electrons. The number of carbonyl (C=O) groups is 3. The normalized spacial score (nSPS) is 11.5. The fourth-order valence-corrected chi connectivity index (χ4v) is 2.97. The van der Waals surface area contributed by atoms with Gasteiger partial charge in [-0.1, -0.05) is 23.7 Å². The lowest BCUT2D eigenvalue weighted by Gasteiger charge is -2.19. The van der Waals surface area contributed by atoms with E-state index >= 15 is 0 Å². The number of halogens is 1. The molecule has 0 bridgehead atoms. The average molecular weight is 448 g/mol. The number of esters is 1. The van der Waals surface area contributed by atoms with Crippen molar-refractivity contribution in [3.8, 4) is 0 Å². The van der Waals surface area contributed by atoms with Crippen LogP contribution in [0.25, 0.3) is 0 Å². The van der Waals surface area contributed by atoms with E-state index in [1.54, 1.807) is 63.2 Å². The lowest BCUT2D eigenvalue weighted by atomic mass is 10.1. The van der Waals surface area contributed by atoms with Crippen LogP contribution >= 0.6 is 11.6 Å². The molecule has 0 fully saturated rings. The third-order valence-electron chi connectivity index (χ3n) is 4.08. The Balaban J connectivity index is 2.12. The molecule has 8 nitrogen and oxygen atoms in total. The van der Waals surface area contributed by atoms with Crippen LogP contribution in [0, 0.1) is 0 Å². The highest BCUT2D eigenvalue weighted by atomic mass is 35.5. The highest BCUT2D eigenvalue weighted by Crippen LogP contribution is 2.25. The zero-order valence-electron chi connectivity index (χ0n) is 17.6. The molecule has 0 aliphatic heterocycles. The van der Waals surface area contributed by atoms with Gasteiger partial charge in [-0.2, -0.15) is 0 Å². The van der Waals surface area contributed by atoms with Gasteiger partial charge in [-0.25, -0.2) is 9.59 Å². The Labute approximate surface area is 186 Å². The number of amides is 2. The van der Waals surface area contributed by atoms with Crippen LogP contribution in [0.2, 0.25) is 5.02 Å². The van der Waals surface area contributed by atoms with Gasteiger partial charge < -0.3 is 25.8 Å². The van der Waals surface area contributed by atoms with E-state index in [1.807, 2.05) is 0 Å². The summed E-state index contributed by atoms with van der Waals surface area (Å²) < 4.78 is 10.1. The molecule has 0 aliphatic carbocycles. The van der Waals surface area contributed by atoms with E-state index in [0.717, 1.165) is 0 Å². The number of nitrogens with one attached hydrogen (secondary N) is 2. The van der Waals surface area contributed by atoms with Crippen molar-refractivity contribution in [3.05, 3.63) is 58.6 Å². The summed E-state index contributed by atoms with van der Waals surface area (Å²) in [7, 11) is 0. The molecule has 9 heteroatoms. The van der Waals surface area contributed by atoms with Gasteiger partial charge in [0.05, 0.1) is 23.4 Å². The number of carbonyl (C=O) groups excluding carboxylic acids is 3. The van der Waals surface area contributed by atoms with Crippen LogP contribution in [0.4, 0.5) is 16.2 Å². The second-order valence-corrected chi connectivity index (χ2v) is 7.41. The first-order valence-electron chi connectivity index (χ1n) is 9.78. The molecule has 2 aromatic rings. The molecule has 0 aliphatic rings. The van der Waals surface area contributed by atoms with E-state index in [9.17, 15) is 14.4 Å². The Bertz CT molecular complexity index is 948. The van der Waals surface area contributed by atoms with Gasteiger partial charge in [-0.3, -0.25) is 4.79 Å². The lowest BCUT2D eigenvalue weighted by Crippen LogP contribution is -2.44. The molecule has 2 rings (SSSR count). The number of anilines is 2. The number of benzene rings is 2. The zero-order valence-corrected chi connectivity index (χ0v) is 18.4. The summed E-state index contributed by atoms with van der Waals surface area (Å²) in [4.78, 5) is 36.6. The van der Waals surface area contributed by atoms with E-state index in [-0.39, 0.29) is 30.1 Å². The minimum Gasteiger partial charge on any atom is -0.464 e. The van der Waals surface area contributed by atoms with Crippen LogP contribution in [0.3, 0.4) is 0 Å². The maximum Gasteiger partial charge on any atom is 0.408 e. The molecule has 1 unspecified atom stereocenters. The SMILES string of the molecule is CCOC(=O)C(Cc1ccc(NC(=O)c2cccc(N)c2)c(Cl)c1)NC(=O)OC(C)C. The average Bonchev–Trinajstić information content (AvgIpc) is 2.69. The van der Waals surface area contributed by atoms with E-state index < -0.39 is 18.1 Å². The highest BCUT2D eigenvalue weighted by molar-refractivity contribution is 6.34. The van der Waals surface area contributed by atoms with Crippen molar-refractivity contribution >= 4 is 40.9 Å². The van der Waals surface area contributed by atoms with Crippen LogP contribution < -0.4 is 16.4 Å². The first-order valence-corrected chi connectivity index (χ1v) is 10.2. The number of nitrogen functional groups attached to an aromatic ring is 1. The topological polar surface area (TPSA) is 120 Å². The lowest BCUT2D eigenvalue weighted by molar-refractivity contribution is -0.145. The van der Waals surface area contributed by atoms with Crippen LogP contribution in [-0.2, 0) is 20.7 Å². The zero-order chi connectivity index (χ0) is 23.0. The summed E-state index contributed by atoms with van der Waals surface area (Å²) in [6, 6.07) is 10.5. The van der Waals surface area contributed by atoms with E-state index in [4.69, 9.17) is 26.8 Å². The number of ether oxygens (including phenoxy) is 2. The summed E-state index contributed by atoms with van der Waals surface area (Å²) in [6.07, 6.45) is -0.917. The monoisotopic (exact) mass is 447 g/mol. The number of nitrogens with two attached hydrogens (primary N) is 1. The van der Waals surface area contributed by atoms with Crippen LogP contribution in [0.5, 0.6) is 0 Å². The summed E-state index contributed by atoms with van der Waals surface area (Å²) in [5.74, 6) is -0.942. The minimum absolute atomic E-state index is 0.134. The second kappa shape index (κ2) is 11.2. The van der Waals surface area contributed by atoms with Crippen molar-refractivity contribution in [2.24, 2.45) is 0 Å². The van der Waals surface area contributed by atoms with E-state index in [2.05, 4.69) is 10.6 Å². The largest absolute Gasteiger partial charge is 0.464 e. The Morgan fingerprint density at radius 2 is 1.87 bits per heavy atom. The van der Waals surface area contributed by atoms with Crippen LogP contribution in [0.15, 0.2) is 42.5 Å². The van der Waals surface area contributed by atoms with Gasteiger partial charge >= 0.3 is 12.1 Å². The number of hydrogen-bond donors (Lipinski definition) is 3. The molecule has 31 heavy (non-hydrogen) atoms. The second-order valence-electron chi connectivity index (χ2n) is 7.00. The van der Waals surface area contributed by atoms with Crippen molar-refractivity contribution in [1.82, 2.24) is 5.32 Å². The molecule has 0 radical (unpaired) electrons. The Kier molecular flexibility index (Phi) is 8.69. The standard InChI is InChI=1S/C22H26ClN3O5/c1-4-30-21(28)19(26-22(29)31-13(2)3)11-14-8-9-18(17(23)10-14)25-20(27)15-6-5-7-16(24)12-15/h5-10,12-13,19H,4,11,24H2,1-3H3,(H,25,27)(H,26,29). The van der Waals surface area contributed by atoms with Gasteiger partial charge in [-0.15, -0.1) is 0 Å². The Morgan fingerprint density at radius 1 is 1.13 bits per heavy atom. The van der Waals surface area contributed by atoms with Crippen LogP contribution in [-0.4, -0.2) is 36.7 Å². The summed E-state index contributed by atoms with van der Waals surface area (Å²) >= 11 is 6.32. The number of alkyl carbamates (subject to hydrolysis) is 1. The van der Waals surface area contributed by atoms with Crippen molar-refractivity contribution in [2.75, 3.05) is 17.7 Å². The molecule has 0 spiro atoms. The quantitative estimate of drug-likeness (QED) is 0.418. The molecule has 0 saturated heterocycles. The van der Waals surface area contributed by atoms with Gasteiger partial charge in [0.1, 0.15) is 6.04 Å². The van der Waals surface area contributed by atoms with Crippen LogP contribution in [0.1, 0.15) is 36.7 Å². The highest BCUT2D eigenvalue weighted by Gasteiger charge is 2.24. The third kappa shape index (κ3) is 7.49. The predicted molar refractivity (Wildman–Crippen MR) is 119 cm³/mol. The molecule has 0 saturated carbocycles.